The monoisotopic (exact) mass is 331 g/mol. The number of anilines is 1. The fourth-order valence-electron chi connectivity index (χ4n) is 2.54. The van der Waals surface area contributed by atoms with Gasteiger partial charge in [0.05, 0.1) is 6.10 Å². The third-order valence-corrected chi connectivity index (χ3v) is 4.69. The smallest absolute Gasteiger partial charge is 0.224 e. The summed E-state index contributed by atoms with van der Waals surface area (Å²) in [6, 6.07) is 11.6. The quantitative estimate of drug-likeness (QED) is 0.837. The Hall–Kier alpha value is -1.85. The Balaban J connectivity index is 1.47. The molecule has 1 aromatic carbocycles. The van der Waals surface area contributed by atoms with E-state index in [0.29, 0.717) is 13.0 Å². The number of rotatable bonds is 7. The highest BCUT2D eigenvalue weighted by Gasteiger charge is 2.16. The molecule has 1 aromatic heterocycles. The van der Waals surface area contributed by atoms with Gasteiger partial charge in [-0.1, -0.05) is 12.1 Å². The number of aryl methyl sites for hydroxylation is 1. The van der Waals surface area contributed by atoms with E-state index >= 15 is 0 Å². The summed E-state index contributed by atoms with van der Waals surface area (Å²) in [5.74, 6) is 0.784. The lowest BCUT2D eigenvalue weighted by molar-refractivity contribution is -0.116. The first-order valence-corrected chi connectivity index (χ1v) is 8.84. The van der Waals surface area contributed by atoms with E-state index in [1.807, 2.05) is 35.7 Å². The molecule has 122 valence electrons. The topological polar surface area (TPSA) is 47.6 Å². The summed E-state index contributed by atoms with van der Waals surface area (Å²) in [6.07, 6.45) is 3.62. The molecule has 1 saturated heterocycles. The summed E-state index contributed by atoms with van der Waals surface area (Å²) in [4.78, 5) is 13.2. The predicted octanol–water partition coefficient (Wildman–Crippen LogP) is 3.88. The van der Waals surface area contributed by atoms with Gasteiger partial charge in [0.25, 0.3) is 0 Å². The fraction of sp³-hybridized carbons (Fsp3) is 0.389. The largest absolute Gasteiger partial charge is 0.491 e. The van der Waals surface area contributed by atoms with Crippen LogP contribution >= 0.6 is 11.3 Å². The maximum Gasteiger partial charge on any atom is 0.224 e. The van der Waals surface area contributed by atoms with Crippen molar-refractivity contribution in [3.63, 3.8) is 0 Å². The lowest BCUT2D eigenvalue weighted by Crippen LogP contribution is -2.16. The highest BCUT2D eigenvalue weighted by atomic mass is 32.1. The molecule has 3 rings (SSSR count). The summed E-state index contributed by atoms with van der Waals surface area (Å²) >= 11 is 1.68. The third kappa shape index (κ3) is 5.08. The molecule has 0 radical (unpaired) electrons. The van der Waals surface area contributed by atoms with Crippen molar-refractivity contribution >= 4 is 22.9 Å². The lowest BCUT2D eigenvalue weighted by atomic mass is 10.2. The van der Waals surface area contributed by atoms with Crippen LogP contribution in [0.5, 0.6) is 5.75 Å². The number of hydrogen-bond acceptors (Lipinski definition) is 4. The second-order valence-electron chi connectivity index (χ2n) is 5.60. The zero-order valence-electron chi connectivity index (χ0n) is 13.0. The van der Waals surface area contributed by atoms with E-state index < -0.39 is 0 Å². The zero-order chi connectivity index (χ0) is 15.9. The Kier molecular flexibility index (Phi) is 5.66. The van der Waals surface area contributed by atoms with Crippen molar-refractivity contribution in [2.45, 2.75) is 31.8 Å². The average Bonchev–Trinajstić information content (AvgIpc) is 3.25. The number of nitrogens with one attached hydrogen (secondary N) is 1. The van der Waals surface area contributed by atoms with Crippen LogP contribution in [0.15, 0.2) is 41.8 Å². The molecule has 23 heavy (non-hydrogen) atoms. The van der Waals surface area contributed by atoms with Crippen molar-refractivity contribution in [1.82, 2.24) is 0 Å². The second kappa shape index (κ2) is 8.13. The van der Waals surface area contributed by atoms with E-state index in [9.17, 15) is 4.79 Å². The van der Waals surface area contributed by atoms with Crippen LogP contribution in [0.3, 0.4) is 0 Å². The Morgan fingerprint density at radius 2 is 2.30 bits per heavy atom. The highest BCUT2D eigenvalue weighted by molar-refractivity contribution is 7.09. The van der Waals surface area contributed by atoms with E-state index in [1.54, 1.807) is 11.3 Å². The van der Waals surface area contributed by atoms with Gasteiger partial charge in [0.2, 0.25) is 5.91 Å². The van der Waals surface area contributed by atoms with Crippen LogP contribution in [-0.2, 0) is 16.0 Å². The van der Waals surface area contributed by atoms with Crippen molar-refractivity contribution in [2.24, 2.45) is 0 Å². The van der Waals surface area contributed by atoms with Crippen LogP contribution in [0.1, 0.15) is 24.1 Å². The van der Waals surface area contributed by atoms with Crippen LogP contribution < -0.4 is 10.1 Å². The molecule has 0 aliphatic carbocycles. The lowest BCUT2D eigenvalue weighted by Gasteiger charge is -2.12. The number of carbonyl (C=O) groups excluding carboxylic acids is 1. The van der Waals surface area contributed by atoms with Gasteiger partial charge >= 0.3 is 0 Å². The molecule has 1 aliphatic rings. The van der Waals surface area contributed by atoms with Gasteiger partial charge < -0.3 is 14.8 Å². The molecule has 5 heteroatoms. The molecular formula is C18H21NO3S. The van der Waals surface area contributed by atoms with Crippen LogP contribution in [0, 0.1) is 0 Å². The zero-order valence-corrected chi connectivity index (χ0v) is 13.8. The summed E-state index contributed by atoms with van der Waals surface area (Å²) < 4.78 is 11.3. The maximum absolute atomic E-state index is 12.0. The summed E-state index contributed by atoms with van der Waals surface area (Å²) in [7, 11) is 0. The average molecular weight is 331 g/mol. The van der Waals surface area contributed by atoms with Gasteiger partial charge in [0, 0.05) is 29.7 Å². The minimum absolute atomic E-state index is 0.0228. The summed E-state index contributed by atoms with van der Waals surface area (Å²) in [5, 5.41) is 4.96. The number of ether oxygens (including phenoxy) is 2. The van der Waals surface area contributed by atoms with E-state index in [4.69, 9.17) is 9.47 Å². The van der Waals surface area contributed by atoms with Crippen LogP contribution in [-0.4, -0.2) is 25.2 Å². The fourth-order valence-corrected chi connectivity index (χ4v) is 3.25. The molecule has 1 fully saturated rings. The minimum Gasteiger partial charge on any atom is -0.491 e. The van der Waals surface area contributed by atoms with Crippen LogP contribution in [0.25, 0.3) is 0 Å². The molecule has 1 unspecified atom stereocenters. The Morgan fingerprint density at radius 3 is 3.09 bits per heavy atom. The maximum atomic E-state index is 12.0. The van der Waals surface area contributed by atoms with Gasteiger partial charge in [0.15, 0.2) is 0 Å². The predicted molar refractivity (Wildman–Crippen MR) is 92.2 cm³/mol. The highest BCUT2D eigenvalue weighted by Crippen LogP contribution is 2.20. The van der Waals surface area contributed by atoms with E-state index in [2.05, 4.69) is 11.4 Å². The Labute approximate surface area is 140 Å². The molecule has 1 atom stereocenters. The SMILES string of the molecule is O=C(CCc1cccs1)Nc1cccc(OCC2CCCO2)c1. The number of thiophene rings is 1. The first kappa shape index (κ1) is 16.0. The molecule has 0 bridgehead atoms. The first-order chi connectivity index (χ1) is 11.3. The van der Waals surface area contributed by atoms with Gasteiger partial charge in [-0.15, -0.1) is 11.3 Å². The van der Waals surface area contributed by atoms with Gasteiger partial charge in [-0.25, -0.2) is 0 Å². The summed E-state index contributed by atoms with van der Waals surface area (Å²) in [6.45, 7) is 1.39. The van der Waals surface area contributed by atoms with Gasteiger partial charge in [-0.2, -0.15) is 0 Å². The van der Waals surface area contributed by atoms with Crippen molar-refractivity contribution in [3.8, 4) is 5.75 Å². The molecular weight excluding hydrogens is 310 g/mol. The van der Waals surface area contributed by atoms with Gasteiger partial charge in [-0.05, 0) is 42.8 Å². The second-order valence-corrected chi connectivity index (χ2v) is 6.63. The standard InChI is InChI=1S/C18H21NO3S/c20-18(9-8-17-7-3-11-23-17)19-14-4-1-5-15(12-14)22-13-16-6-2-10-21-16/h1,3-5,7,11-12,16H,2,6,8-10,13H2,(H,19,20). The number of carbonyl (C=O) groups is 1. The molecule has 2 heterocycles. The molecule has 0 saturated carbocycles. The molecule has 1 aliphatic heterocycles. The molecule has 4 nitrogen and oxygen atoms in total. The van der Waals surface area contributed by atoms with Crippen molar-refractivity contribution in [3.05, 3.63) is 46.7 Å². The van der Waals surface area contributed by atoms with Gasteiger partial charge in [-0.3, -0.25) is 4.79 Å². The van der Waals surface area contributed by atoms with E-state index in [-0.39, 0.29) is 12.0 Å². The normalized spacial score (nSPS) is 17.1. The van der Waals surface area contributed by atoms with Crippen LogP contribution in [0.2, 0.25) is 0 Å². The van der Waals surface area contributed by atoms with Crippen molar-refractivity contribution in [1.29, 1.82) is 0 Å². The third-order valence-electron chi connectivity index (χ3n) is 3.76. The van der Waals surface area contributed by atoms with E-state index in [0.717, 1.165) is 37.3 Å². The number of hydrogen-bond donors (Lipinski definition) is 1. The molecule has 1 N–H and O–H groups in total. The number of benzene rings is 1. The molecule has 1 amide bonds. The van der Waals surface area contributed by atoms with E-state index in [1.165, 1.54) is 4.88 Å². The van der Waals surface area contributed by atoms with Gasteiger partial charge in [0.1, 0.15) is 12.4 Å². The Bertz CT molecular complexity index is 621. The summed E-state index contributed by atoms with van der Waals surface area (Å²) in [5.41, 5.74) is 0.769. The number of amides is 1. The molecule has 2 aromatic rings. The Morgan fingerprint density at radius 1 is 1.35 bits per heavy atom. The van der Waals surface area contributed by atoms with Crippen molar-refractivity contribution in [2.75, 3.05) is 18.5 Å². The van der Waals surface area contributed by atoms with Crippen molar-refractivity contribution < 1.29 is 14.3 Å². The first-order valence-electron chi connectivity index (χ1n) is 7.96. The minimum atomic E-state index is 0.0228. The molecule has 0 spiro atoms. The van der Waals surface area contributed by atoms with Crippen LogP contribution in [0.4, 0.5) is 5.69 Å².